The number of hydrogen-bond acceptors (Lipinski definition) is 2. The van der Waals surface area contributed by atoms with E-state index in [-0.39, 0.29) is 0 Å². The van der Waals surface area contributed by atoms with Gasteiger partial charge in [0.25, 0.3) is 0 Å². The van der Waals surface area contributed by atoms with Gasteiger partial charge in [-0.25, -0.2) is 0 Å². The fourth-order valence-electron chi connectivity index (χ4n) is 9.59. The van der Waals surface area contributed by atoms with Gasteiger partial charge < -0.3 is 13.9 Å². The molecule has 0 bridgehead atoms. The number of aromatic nitrogens is 1. The van der Waals surface area contributed by atoms with E-state index in [1.807, 2.05) is 12.1 Å². The van der Waals surface area contributed by atoms with Crippen molar-refractivity contribution in [2.24, 2.45) is 0 Å². The molecule has 2 aromatic heterocycles. The molecule has 0 amide bonds. The predicted octanol–water partition coefficient (Wildman–Crippen LogP) is 16.1. The van der Waals surface area contributed by atoms with Gasteiger partial charge in [-0.1, -0.05) is 152 Å². The number of para-hydroxylation sites is 6. The summed E-state index contributed by atoms with van der Waals surface area (Å²) in [6.45, 7) is 0. The minimum Gasteiger partial charge on any atom is -0.456 e. The first kappa shape index (κ1) is 35.1. The molecule has 0 atom stereocenters. The van der Waals surface area contributed by atoms with E-state index in [1.54, 1.807) is 0 Å². The van der Waals surface area contributed by atoms with E-state index in [1.165, 1.54) is 60.5 Å². The normalized spacial score (nSPS) is 13.0. The average Bonchev–Trinajstić information content (AvgIpc) is 3.88. The first-order chi connectivity index (χ1) is 30.2. The number of benzene rings is 9. The van der Waals surface area contributed by atoms with Gasteiger partial charge in [0.15, 0.2) is 0 Å². The quantitative estimate of drug-likeness (QED) is 0.161. The summed E-state index contributed by atoms with van der Waals surface area (Å²) in [7, 11) is 0. The second kappa shape index (κ2) is 14.4. The van der Waals surface area contributed by atoms with Crippen LogP contribution in [0, 0.1) is 0 Å². The summed E-state index contributed by atoms with van der Waals surface area (Å²) in [5.41, 5.74) is 16.2. The van der Waals surface area contributed by atoms with Crippen LogP contribution in [0.5, 0.6) is 0 Å². The Bertz CT molecular complexity index is 3510. The summed E-state index contributed by atoms with van der Waals surface area (Å²) < 4.78 is 8.73. The van der Waals surface area contributed by atoms with Crippen LogP contribution < -0.4 is 4.90 Å². The van der Waals surface area contributed by atoms with Crippen molar-refractivity contribution in [3.8, 4) is 27.9 Å². The fraction of sp³-hybridized carbons (Fsp3) is 0.0345. The molecule has 0 spiro atoms. The van der Waals surface area contributed by atoms with Crippen LogP contribution >= 0.6 is 0 Å². The van der Waals surface area contributed by atoms with E-state index in [0.717, 1.165) is 63.0 Å². The van der Waals surface area contributed by atoms with E-state index in [9.17, 15) is 0 Å². The van der Waals surface area contributed by atoms with Gasteiger partial charge in [0.2, 0.25) is 0 Å². The Labute approximate surface area is 354 Å². The van der Waals surface area contributed by atoms with Crippen molar-refractivity contribution in [1.29, 1.82) is 0 Å². The third kappa shape index (κ3) is 5.97. The maximum absolute atomic E-state index is 6.28. The van der Waals surface area contributed by atoms with Crippen LogP contribution in [-0.2, 0) is 0 Å². The SMILES string of the molecule is C1=C(c2cccc(-c3ccc4ccccc4c3)c2)CCC(N(c2ccccc2-c2ccc3oc4ccccc4c3c2)c2ccccc2-n2c3ccccc3c3ccccc32)=C1. The summed E-state index contributed by atoms with van der Waals surface area (Å²) in [5.74, 6) is 0. The molecular weight excluding hydrogens is 741 g/mol. The average molecular weight is 781 g/mol. The summed E-state index contributed by atoms with van der Waals surface area (Å²) in [4.78, 5) is 2.52. The Morgan fingerprint density at radius 1 is 0.393 bits per heavy atom. The van der Waals surface area contributed by atoms with Crippen molar-refractivity contribution < 1.29 is 4.42 Å². The second-order valence-corrected chi connectivity index (χ2v) is 16.0. The zero-order chi connectivity index (χ0) is 40.3. The molecular formula is C58H40N2O. The number of rotatable bonds is 7. The molecule has 0 N–H and O–H groups in total. The molecule has 0 unspecified atom stereocenters. The van der Waals surface area contributed by atoms with Gasteiger partial charge >= 0.3 is 0 Å². The van der Waals surface area contributed by atoms with Crippen LogP contribution in [0.1, 0.15) is 18.4 Å². The third-order valence-electron chi connectivity index (χ3n) is 12.5. The minimum atomic E-state index is 0.868. The largest absolute Gasteiger partial charge is 0.456 e. The molecule has 1 aliphatic rings. The molecule has 11 aromatic rings. The maximum atomic E-state index is 6.28. The van der Waals surface area contributed by atoms with Gasteiger partial charge in [-0.3, -0.25) is 0 Å². The van der Waals surface area contributed by atoms with Crippen LogP contribution in [0.3, 0.4) is 0 Å². The highest BCUT2D eigenvalue weighted by molar-refractivity contribution is 6.10. The lowest BCUT2D eigenvalue weighted by atomic mass is 9.92. The van der Waals surface area contributed by atoms with Crippen molar-refractivity contribution in [2.75, 3.05) is 4.90 Å². The van der Waals surface area contributed by atoms with Gasteiger partial charge in [0.05, 0.1) is 28.1 Å². The molecule has 0 fully saturated rings. The van der Waals surface area contributed by atoms with Gasteiger partial charge in [0.1, 0.15) is 11.2 Å². The summed E-state index contributed by atoms with van der Waals surface area (Å²) >= 11 is 0. The lowest BCUT2D eigenvalue weighted by Crippen LogP contribution is -2.20. The van der Waals surface area contributed by atoms with Gasteiger partial charge in [-0.15, -0.1) is 0 Å². The number of hydrogen-bond donors (Lipinski definition) is 0. The van der Waals surface area contributed by atoms with Crippen molar-refractivity contribution in [1.82, 2.24) is 4.57 Å². The van der Waals surface area contributed by atoms with Crippen LogP contribution in [0.15, 0.2) is 229 Å². The van der Waals surface area contributed by atoms with Crippen LogP contribution in [-0.4, -0.2) is 4.57 Å². The Hall–Kier alpha value is -7.88. The zero-order valence-corrected chi connectivity index (χ0v) is 33.5. The molecule has 9 aromatic carbocycles. The highest BCUT2D eigenvalue weighted by Crippen LogP contribution is 2.46. The first-order valence-corrected chi connectivity index (χ1v) is 21.1. The van der Waals surface area contributed by atoms with E-state index < -0.39 is 0 Å². The first-order valence-electron chi connectivity index (χ1n) is 21.1. The van der Waals surface area contributed by atoms with Crippen molar-refractivity contribution >= 4 is 71.5 Å². The number of fused-ring (bicyclic) bond motifs is 7. The molecule has 0 saturated carbocycles. The van der Waals surface area contributed by atoms with Gasteiger partial charge in [-0.2, -0.15) is 0 Å². The maximum Gasteiger partial charge on any atom is 0.135 e. The van der Waals surface area contributed by atoms with E-state index in [0.29, 0.717) is 0 Å². The molecule has 2 heterocycles. The van der Waals surface area contributed by atoms with Gasteiger partial charge in [0, 0.05) is 32.8 Å². The van der Waals surface area contributed by atoms with E-state index >= 15 is 0 Å². The lowest BCUT2D eigenvalue weighted by Gasteiger charge is -2.33. The molecule has 12 rings (SSSR count). The molecule has 3 heteroatoms. The predicted molar refractivity (Wildman–Crippen MR) is 257 cm³/mol. The number of anilines is 2. The van der Waals surface area contributed by atoms with Gasteiger partial charge in [-0.05, 0) is 118 Å². The fourth-order valence-corrected chi connectivity index (χ4v) is 9.59. The third-order valence-corrected chi connectivity index (χ3v) is 12.5. The van der Waals surface area contributed by atoms with Crippen LogP contribution in [0.25, 0.3) is 88.0 Å². The van der Waals surface area contributed by atoms with Crippen molar-refractivity contribution in [3.63, 3.8) is 0 Å². The number of furan rings is 1. The Balaban J connectivity index is 1.03. The van der Waals surface area contributed by atoms with Crippen molar-refractivity contribution in [2.45, 2.75) is 12.8 Å². The highest BCUT2D eigenvalue weighted by atomic mass is 16.3. The summed E-state index contributed by atoms with van der Waals surface area (Å²) in [6, 6.07) is 74.7. The highest BCUT2D eigenvalue weighted by Gasteiger charge is 2.25. The lowest BCUT2D eigenvalue weighted by molar-refractivity contribution is 0.669. The minimum absolute atomic E-state index is 0.868. The van der Waals surface area contributed by atoms with Crippen molar-refractivity contribution in [3.05, 3.63) is 230 Å². The number of nitrogens with zero attached hydrogens (tertiary/aromatic N) is 2. The Morgan fingerprint density at radius 2 is 1.03 bits per heavy atom. The smallest absolute Gasteiger partial charge is 0.135 e. The molecule has 1 aliphatic carbocycles. The standard InChI is InChI=1S/C58H40N2O/c1-2-15-41-37-44(29-28-39(41)14-1)43-17-13-16-42(36-43)40-30-33-46(34-31-40)59(52-22-7-3-18-47(52)45-32-35-58-51(38-45)50-21-6-12-27-57(50)61-58)55-25-10-11-26-56(55)60-53-23-8-4-19-48(53)49-20-5-9-24-54(49)60/h1-30,32-33,35-38H,31,34H2. The Kier molecular flexibility index (Phi) is 8.31. The van der Waals surface area contributed by atoms with Crippen LogP contribution in [0.4, 0.5) is 11.4 Å². The monoisotopic (exact) mass is 780 g/mol. The molecule has 0 radical (unpaired) electrons. The summed E-state index contributed by atoms with van der Waals surface area (Å²) in [5, 5.41) is 7.26. The Morgan fingerprint density at radius 3 is 1.85 bits per heavy atom. The topological polar surface area (TPSA) is 21.3 Å². The number of allylic oxidation sites excluding steroid dienone is 4. The van der Waals surface area contributed by atoms with E-state index in [2.05, 4.69) is 216 Å². The molecule has 0 saturated heterocycles. The molecule has 0 aliphatic heterocycles. The molecule has 3 nitrogen and oxygen atoms in total. The molecule has 61 heavy (non-hydrogen) atoms. The van der Waals surface area contributed by atoms with E-state index in [4.69, 9.17) is 4.42 Å². The second-order valence-electron chi connectivity index (χ2n) is 16.0. The summed E-state index contributed by atoms with van der Waals surface area (Å²) in [6.07, 6.45) is 6.48. The zero-order valence-electron chi connectivity index (χ0n) is 33.5. The molecule has 288 valence electrons. The van der Waals surface area contributed by atoms with Crippen LogP contribution in [0.2, 0.25) is 0 Å².